The number of piperidine rings is 1. The van der Waals surface area contributed by atoms with Crippen LogP contribution in [-0.4, -0.2) is 87.1 Å². The molecule has 11 nitrogen and oxygen atoms in total. The van der Waals surface area contributed by atoms with Crippen molar-refractivity contribution in [2.75, 3.05) is 24.7 Å². The van der Waals surface area contributed by atoms with E-state index >= 15 is 0 Å². The van der Waals surface area contributed by atoms with E-state index in [0.717, 1.165) is 0 Å². The zero-order valence-electron chi connectivity index (χ0n) is 21.3. The van der Waals surface area contributed by atoms with Gasteiger partial charge in [0.15, 0.2) is 0 Å². The van der Waals surface area contributed by atoms with Gasteiger partial charge >= 0.3 is 12.1 Å². The van der Waals surface area contributed by atoms with Crippen LogP contribution < -0.4 is 11.1 Å². The number of nitrogens with zero attached hydrogens (tertiary/aromatic N) is 2. The third-order valence-corrected chi connectivity index (χ3v) is 7.51. The summed E-state index contributed by atoms with van der Waals surface area (Å²) in [6.07, 6.45) is -0.593. The van der Waals surface area contributed by atoms with Gasteiger partial charge in [0.1, 0.15) is 17.7 Å². The van der Waals surface area contributed by atoms with E-state index in [0.29, 0.717) is 17.2 Å². The molecule has 0 aromatic heterocycles. The second kappa shape index (κ2) is 11.4. The number of amides is 4. The number of carboxylic acid groups (broad SMARTS) is 1. The molecule has 1 aromatic carbocycles. The van der Waals surface area contributed by atoms with E-state index < -0.39 is 53.4 Å². The highest BCUT2D eigenvalue weighted by Gasteiger charge is 2.47. The Balaban J connectivity index is 1.77. The number of benzene rings is 1. The zero-order chi connectivity index (χ0) is 27.4. The van der Waals surface area contributed by atoms with E-state index in [-0.39, 0.29) is 31.8 Å². The van der Waals surface area contributed by atoms with Gasteiger partial charge in [0.25, 0.3) is 0 Å². The fraction of sp³-hybridized carbons (Fsp3) is 0.560. The summed E-state index contributed by atoms with van der Waals surface area (Å²) in [5, 5.41) is 12.0. The first-order valence-electron chi connectivity index (χ1n) is 12.1. The highest BCUT2D eigenvalue weighted by atomic mass is 32.2. The van der Waals surface area contributed by atoms with E-state index in [2.05, 4.69) is 5.32 Å². The van der Waals surface area contributed by atoms with Crippen molar-refractivity contribution in [3.8, 4) is 0 Å². The van der Waals surface area contributed by atoms with Crippen LogP contribution >= 0.6 is 11.8 Å². The smallest absolute Gasteiger partial charge is 0.411 e. The number of primary amides is 1. The maximum absolute atomic E-state index is 13.5. The summed E-state index contributed by atoms with van der Waals surface area (Å²) in [5.74, 6) is -2.14. The number of rotatable bonds is 7. The Morgan fingerprint density at radius 3 is 2.32 bits per heavy atom. The Kier molecular flexibility index (Phi) is 8.72. The van der Waals surface area contributed by atoms with Gasteiger partial charge in [-0.05, 0) is 39.2 Å². The molecule has 3 rings (SSSR count). The van der Waals surface area contributed by atoms with E-state index in [9.17, 15) is 29.1 Å². The number of hydrogen-bond donors (Lipinski definition) is 3. The predicted molar refractivity (Wildman–Crippen MR) is 136 cm³/mol. The van der Waals surface area contributed by atoms with Gasteiger partial charge in [0.2, 0.25) is 17.7 Å². The Morgan fingerprint density at radius 2 is 1.78 bits per heavy atom. The van der Waals surface area contributed by atoms with Gasteiger partial charge in [-0.1, -0.05) is 30.3 Å². The molecular formula is C25H34N4O7S. The first-order valence-corrected chi connectivity index (χ1v) is 13.2. The summed E-state index contributed by atoms with van der Waals surface area (Å²) < 4.78 is 5.46. The molecule has 2 aliphatic rings. The molecule has 1 aromatic rings. The molecule has 12 heteroatoms. The van der Waals surface area contributed by atoms with Crippen molar-refractivity contribution in [2.24, 2.45) is 5.73 Å². The van der Waals surface area contributed by atoms with Crippen molar-refractivity contribution >= 4 is 41.5 Å². The van der Waals surface area contributed by atoms with E-state index in [1.165, 1.54) is 16.7 Å². The molecule has 0 aliphatic carbocycles. The summed E-state index contributed by atoms with van der Waals surface area (Å²) in [5.41, 5.74) is 4.07. The van der Waals surface area contributed by atoms with Crippen LogP contribution in [-0.2, 0) is 29.3 Å². The lowest BCUT2D eigenvalue weighted by Crippen LogP contribution is -2.58. The molecule has 0 saturated carbocycles. The van der Waals surface area contributed by atoms with Crippen LogP contribution in [0.3, 0.4) is 0 Å². The summed E-state index contributed by atoms with van der Waals surface area (Å²) >= 11 is 1.47. The van der Waals surface area contributed by atoms with Crippen LogP contribution in [0.25, 0.3) is 0 Å². The first-order chi connectivity index (χ1) is 17.3. The normalized spacial score (nSPS) is 20.1. The lowest BCUT2D eigenvalue weighted by molar-refractivity contribution is -0.145. The molecule has 2 atom stereocenters. The standard InChI is InChI=1S/C25H34N4O7S/c1-24(2,3)36-23(35)29-15-37-14-18(29)20(31)28-11-9-25(10-12-28,16-7-5-4-6-8-16)22(34)27-17(21(32)33)13-19(26)30/h4-8,17-18H,9-15H2,1-3H3,(H2,26,30)(H,27,34)(H,32,33). The minimum absolute atomic E-state index is 0.213. The molecule has 2 aliphatic heterocycles. The molecule has 4 amide bonds. The monoisotopic (exact) mass is 534 g/mol. The Labute approximate surface area is 220 Å². The average Bonchev–Trinajstić information content (AvgIpc) is 3.32. The molecular weight excluding hydrogens is 500 g/mol. The Morgan fingerprint density at radius 1 is 1.16 bits per heavy atom. The molecule has 2 fully saturated rings. The largest absolute Gasteiger partial charge is 0.480 e. The lowest BCUT2D eigenvalue weighted by Gasteiger charge is -2.42. The highest BCUT2D eigenvalue weighted by molar-refractivity contribution is 7.99. The number of thioether (sulfide) groups is 1. The van der Waals surface area contributed by atoms with E-state index in [4.69, 9.17) is 10.5 Å². The number of aliphatic carboxylic acids is 1. The summed E-state index contributed by atoms with van der Waals surface area (Å²) in [7, 11) is 0. The van der Waals surface area contributed by atoms with Crippen LogP contribution in [0.4, 0.5) is 4.79 Å². The van der Waals surface area contributed by atoms with Gasteiger partial charge in [-0.2, -0.15) is 0 Å². The number of nitrogens with one attached hydrogen (secondary N) is 1. The van der Waals surface area contributed by atoms with Gasteiger partial charge < -0.3 is 25.8 Å². The van der Waals surface area contributed by atoms with Crippen molar-refractivity contribution in [3.05, 3.63) is 35.9 Å². The number of carbonyl (C=O) groups excluding carboxylic acids is 4. The van der Waals surface area contributed by atoms with Gasteiger partial charge in [-0.3, -0.25) is 19.3 Å². The molecule has 37 heavy (non-hydrogen) atoms. The van der Waals surface area contributed by atoms with E-state index in [1.54, 1.807) is 49.9 Å². The number of carboxylic acids is 1. The van der Waals surface area contributed by atoms with Crippen LogP contribution in [0.2, 0.25) is 0 Å². The van der Waals surface area contributed by atoms with E-state index in [1.807, 2.05) is 6.07 Å². The highest BCUT2D eigenvalue weighted by Crippen LogP contribution is 2.37. The second-order valence-electron chi connectivity index (χ2n) is 10.3. The first kappa shape index (κ1) is 28.3. The van der Waals surface area contributed by atoms with Gasteiger partial charge in [0, 0.05) is 18.8 Å². The lowest BCUT2D eigenvalue weighted by atomic mass is 9.71. The predicted octanol–water partition coefficient (Wildman–Crippen LogP) is 1.30. The molecule has 0 bridgehead atoms. The van der Waals surface area contributed by atoms with Crippen molar-refractivity contribution in [1.82, 2.24) is 15.1 Å². The molecule has 0 radical (unpaired) electrons. The molecule has 4 N–H and O–H groups in total. The summed E-state index contributed by atoms with van der Waals surface area (Å²) in [6.45, 7) is 5.77. The number of hydrogen-bond acceptors (Lipinski definition) is 7. The molecule has 2 unspecified atom stereocenters. The SMILES string of the molecule is CC(C)(C)OC(=O)N1CSCC1C(=O)N1CCC(C(=O)NC(CC(N)=O)C(=O)O)(c2ccccc2)CC1. The van der Waals surface area contributed by atoms with Gasteiger partial charge in [-0.15, -0.1) is 11.8 Å². The van der Waals surface area contributed by atoms with Crippen molar-refractivity contribution < 1.29 is 33.8 Å². The molecule has 0 spiro atoms. The topological polar surface area (TPSA) is 159 Å². The molecule has 2 saturated heterocycles. The fourth-order valence-corrected chi connectivity index (χ4v) is 5.70. The van der Waals surface area contributed by atoms with Crippen molar-refractivity contribution in [2.45, 2.75) is 63.1 Å². The minimum atomic E-state index is -1.46. The molecule has 2 heterocycles. The Hall–Kier alpha value is -3.28. The fourth-order valence-electron chi connectivity index (χ4n) is 4.57. The third-order valence-electron chi connectivity index (χ3n) is 6.49. The number of carbonyl (C=O) groups is 5. The molecule has 202 valence electrons. The summed E-state index contributed by atoms with van der Waals surface area (Å²) in [4.78, 5) is 65.6. The maximum atomic E-state index is 13.5. The summed E-state index contributed by atoms with van der Waals surface area (Å²) in [6, 6.07) is 6.85. The van der Waals surface area contributed by atoms with Crippen molar-refractivity contribution in [1.29, 1.82) is 0 Å². The van der Waals surface area contributed by atoms with Gasteiger partial charge in [0.05, 0.1) is 17.7 Å². The number of nitrogens with two attached hydrogens (primary N) is 1. The number of likely N-dealkylation sites (tertiary alicyclic amines) is 1. The minimum Gasteiger partial charge on any atom is -0.480 e. The second-order valence-corrected chi connectivity index (χ2v) is 11.3. The maximum Gasteiger partial charge on any atom is 0.411 e. The average molecular weight is 535 g/mol. The Bertz CT molecular complexity index is 1040. The quantitative estimate of drug-likeness (QED) is 0.472. The number of ether oxygens (including phenoxy) is 1. The van der Waals surface area contributed by atoms with Crippen LogP contribution in [0, 0.1) is 0 Å². The van der Waals surface area contributed by atoms with Crippen molar-refractivity contribution in [3.63, 3.8) is 0 Å². The van der Waals surface area contributed by atoms with Crippen LogP contribution in [0.5, 0.6) is 0 Å². The van der Waals surface area contributed by atoms with Crippen LogP contribution in [0.15, 0.2) is 30.3 Å². The zero-order valence-corrected chi connectivity index (χ0v) is 22.1. The van der Waals surface area contributed by atoms with Crippen LogP contribution in [0.1, 0.15) is 45.6 Å². The van der Waals surface area contributed by atoms with Gasteiger partial charge in [-0.25, -0.2) is 9.59 Å². The third kappa shape index (κ3) is 6.73.